The summed E-state index contributed by atoms with van der Waals surface area (Å²) in [5.41, 5.74) is 0.348. The molecule has 0 bridgehead atoms. The van der Waals surface area contributed by atoms with Crippen molar-refractivity contribution in [3.63, 3.8) is 0 Å². The predicted octanol–water partition coefficient (Wildman–Crippen LogP) is 1.56. The Morgan fingerprint density at radius 3 is 3.00 bits per heavy atom. The Hall–Kier alpha value is -2.22. The third-order valence-electron chi connectivity index (χ3n) is 2.75. The minimum atomic E-state index is -0.382. The Morgan fingerprint density at radius 2 is 2.33 bits per heavy atom. The molecule has 0 saturated carbocycles. The quantitative estimate of drug-likeness (QED) is 0.747. The topological polar surface area (TPSA) is 108 Å². The van der Waals surface area contributed by atoms with Crippen molar-refractivity contribution in [1.29, 1.82) is 0 Å². The molecule has 0 aliphatic rings. The Bertz CT molecular complexity index is 602. The molecule has 2 aromatic rings. The van der Waals surface area contributed by atoms with Crippen LogP contribution in [0.15, 0.2) is 12.3 Å². The maximum Gasteiger partial charge on any atom is 0.253 e. The third kappa shape index (κ3) is 3.88. The van der Waals surface area contributed by atoms with Gasteiger partial charge < -0.3 is 10.6 Å². The van der Waals surface area contributed by atoms with Gasteiger partial charge in [0.1, 0.15) is 5.82 Å². The number of pyridine rings is 1. The van der Waals surface area contributed by atoms with Crippen molar-refractivity contribution in [1.82, 2.24) is 30.9 Å². The van der Waals surface area contributed by atoms with E-state index in [1.165, 1.54) is 6.20 Å². The van der Waals surface area contributed by atoms with E-state index in [2.05, 4.69) is 36.2 Å². The summed E-state index contributed by atoms with van der Waals surface area (Å²) in [6.45, 7) is 4.58. The zero-order valence-electron chi connectivity index (χ0n) is 11.7. The predicted molar refractivity (Wildman–Crippen MR) is 78.1 cm³/mol. The van der Waals surface area contributed by atoms with Crippen molar-refractivity contribution >= 4 is 23.3 Å². The molecule has 2 rings (SSSR count). The Morgan fingerprint density at radius 1 is 1.52 bits per heavy atom. The molecule has 8 nitrogen and oxygen atoms in total. The molecule has 1 atom stereocenters. The molecule has 9 heteroatoms. The number of rotatable bonds is 6. The molecule has 0 saturated heterocycles. The highest BCUT2D eigenvalue weighted by molar-refractivity contribution is 6.33. The number of amides is 1. The van der Waals surface area contributed by atoms with Crippen LogP contribution in [0.4, 0.5) is 5.82 Å². The summed E-state index contributed by atoms with van der Waals surface area (Å²) in [4.78, 5) is 16.4. The van der Waals surface area contributed by atoms with Gasteiger partial charge in [-0.25, -0.2) is 4.98 Å². The van der Waals surface area contributed by atoms with Crippen molar-refractivity contribution in [3.05, 3.63) is 28.7 Å². The van der Waals surface area contributed by atoms with Gasteiger partial charge in [0, 0.05) is 12.7 Å². The van der Waals surface area contributed by atoms with Crippen molar-refractivity contribution in [2.24, 2.45) is 0 Å². The summed E-state index contributed by atoms with van der Waals surface area (Å²) in [7, 11) is 0. The Balaban J connectivity index is 2.10. The SMILES string of the molecule is CCCNc1cc(C(=O)NC(C)c2nn[nH]n2)c(Cl)cn1. The molecular weight excluding hydrogens is 294 g/mol. The van der Waals surface area contributed by atoms with Crippen LogP contribution in [0.2, 0.25) is 5.02 Å². The number of halogens is 1. The first kappa shape index (κ1) is 15.2. The molecule has 0 aromatic carbocycles. The van der Waals surface area contributed by atoms with E-state index < -0.39 is 0 Å². The molecule has 3 N–H and O–H groups in total. The molecule has 0 radical (unpaired) electrons. The zero-order valence-corrected chi connectivity index (χ0v) is 12.5. The van der Waals surface area contributed by atoms with Crippen LogP contribution >= 0.6 is 11.6 Å². The average Bonchev–Trinajstić information content (AvgIpc) is 3.00. The van der Waals surface area contributed by atoms with Gasteiger partial charge >= 0.3 is 0 Å². The number of carbonyl (C=O) groups is 1. The van der Waals surface area contributed by atoms with Crippen LogP contribution in [0, 0.1) is 0 Å². The fraction of sp³-hybridized carbons (Fsp3) is 0.417. The monoisotopic (exact) mass is 309 g/mol. The highest BCUT2D eigenvalue weighted by Gasteiger charge is 2.17. The van der Waals surface area contributed by atoms with E-state index in [-0.39, 0.29) is 17.0 Å². The van der Waals surface area contributed by atoms with E-state index >= 15 is 0 Å². The number of nitrogens with one attached hydrogen (secondary N) is 3. The summed E-state index contributed by atoms with van der Waals surface area (Å²) in [6, 6.07) is 1.24. The standard InChI is InChI=1S/C12H16ClN7O/c1-3-4-14-10-5-8(9(13)6-15-10)12(21)16-7(2)11-17-19-20-18-11/h5-7H,3-4H2,1-2H3,(H,14,15)(H,16,21)(H,17,18,19,20). The molecule has 2 heterocycles. The van der Waals surface area contributed by atoms with Crippen molar-refractivity contribution < 1.29 is 4.79 Å². The lowest BCUT2D eigenvalue weighted by Crippen LogP contribution is -2.27. The maximum absolute atomic E-state index is 12.3. The maximum atomic E-state index is 12.3. The number of anilines is 1. The lowest BCUT2D eigenvalue weighted by Gasteiger charge is -2.12. The lowest BCUT2D eigenvalue weighted by molar-refractivity contribution is 0.0938. The summed E-state index contributed by atoms with van der Waals surface area (Å²) < 4.78 is 0. The van der Waals surface area contributed by atoms with Crippen molar-refractivity contribution in [3.8, 4) is 0 Å². The number of nitrogens with zero attached hydrogens (tertiary/aromatic N) is 4. The summed E-state index contributed by atoms with van der Waals surface area (Å²) >= 11 is 6.03. The van der Waals surface area contributed by atoms with Crippen LogP contribution in [0.5, 0.6) is 0 Å². The van der Waals surface area contributed by atoms with E-state index in [0.717, 1.165) is 13.0 Å². The highest BCUT2D eigenvalue weighted by Crippen LogP contribution is 2.19. The molecule has 0 aliphatic heterocycles. The second-order valence-electron chi connectivity index (χ2n) is 4.44. The van der Waals surface area contributed by atoms with Gasteiger partial charge in [-0.05, 0) is 19.4 Å². The van der Waals surface area contributed by atoms with Gasteiger partial charge in [0.05, 0.1) is 16.6 Å². The fourth-order valence-electron chi connectivity index (χ4n) is 1.65. The number of tetrazole rings is 1. The molecule has 112 valence electrons. The molecular formula is C12H16ClN7O. The minimum absolute atomic E-state index is 0.287. The van der Waals surface area contributed by atoms with E-state index in [1.807, 2.05) is 6.92 Å². The molecule has 1 unspecified atom stereocenters. The second kappa shape index (κ2) is 6.98. The molecule has 21 heavy (non-hydrogen) atoms. The van der Waals surface area contributed by atoms with Gasteiger partial charge in [-0.3, -0.25) is 4.79 Å². The van der Waals surface area contributed by atoms with Crippen molar-refractivity contribution in [2.75, 3.05) is 11.9 Å². The van der Waals surface area contributed by atoms with Crippen LogP contribution < -0.4 is 10.6 Å². The van der Waals surface area contributed by atoms with E-state index in [0.29, 0.717) is 17.2 Å². The van der Waals surface area contributed by atoms with Crippen LogP contribution in [0.25, 0.3) is 0 Å². The molecule has 1 amide bonds. The van der Waals surface area contributed by atoms with Gasteiger partial charge in [0.2, 0.25) is 0 Å². The molecule has 2 aromatic heterocycles. The highest BCUT2D eigenvalue weighted by atomic mass is 35.5. The van der Waals surface area contributed by atoms with Crippen molar-refractivity contribution in [2.45, 2.75) is 26.3 Å². The largest absolute Gasteiger partial charge is 0.370 e. The number of carbonyl (C=O) groups excluding carboxylic acids is 1. The number of hydrogen-bond acceptors (Lipinski definition) is 6. The summed E-state index contributed by atoms with van der Waals surface area (Å²) in [5, 5.41) is 19.6. The van der Waals surface area contributed by atoms with Gasteiger partial charge in [-0.1, -0.05) is 23.7 Å². The van der Waals surface area contributed by atoms with Gasteiger partial charge in [0.25, 0.3) is 5.91 Å². The number of aromatic amines is 1. The van der Waals surface area contributed by atoms with Crippen LogP contribution in [-0.2, 0) is 0 Å². The van der Waals surface area contributed by atoms with Gasteiger partial charge in [-0.15, -0.1) is 10.2 Å². The lowest BCUT2D eigenvalue weighted by atomic mass is 10.2. The average molecular weight is 310 g/mol. The summed E-state index contributed by atoms with van der Waals surface area (Å²) in [6.07, 6.45) is 2.41. The summed E-state index contributed by atoms with van der Waals surface area (Å²) in [5.74, 6) is 0.690. The first-order valence-electron chi connectivity index (χ1n) is 6.55. The Labute approximate surface area is 126 Å². The fourth-order valence-corrected chi connectivity index (χ4v) is 1.84. The number of H-pyrrole nitrogens is 1. The second-order valence-corrected chi connectivity index (χ2v) is 4.85. The number of hydrogen-bond donors (Lipinski definition) is 3. The molecule has 0 aliphatic carbocycles. The smallest absolute Gasteiger partial charge is 0.253 e. The minimum Gasteiger partial charge on any atom is -0.370 e. The van der Waals surface area contributed by atoms with E-state index in [9.17, 15) is 4.79 Å². The van der Waals surface area contributed by atoms with E-state index in [4.69, 9.17) is 11.6 Å². The normalized spacial score (nSPS) is 12.0. The van der Waals surface area contributed by atoms with Gasteiger partial charge in [-0.2, -0.15) is 5.21 Å². The first-order chi connectivity index (χ1) is 10.1. The molecule has 0 fully saturated rings. The third-order valence-corrected chi connectivity index (χ3v) is 3.05. The first-order valence-corrected chi connectivity index (χ1v) is 6.93. The van der Waals surface area contributed by atoms with Gasteiger partial charge in [0.15, 0.2) is 5.82 Å². The molecule has 0 spiro atoms. The van der Waals surface area contributed by atoms with Crippen LogP contribution in [0.3, 0.4) is 0 Å². The Kier molecular flexibility index (Phi) is 5.04. The number of aromatic nitrogens is 5. The van der Waals surface area contributed by atoms with Crippen LogP contribution in [-0.4, -0.2) is 38.1 Å². The van der Waals surface area contributed by atoms with E-state index in [1.54, 1.807) is 13.0 Å². The van der Waals surface area contributed by atoms with Crippen LogP contribution in [0.1, 0.15) is 42.5 Å². The zero-order chi connectivity index (χ0) is 15.2.